The summed E-state index contributed by atoms with van der Waals surface area (Å²) in [5.41, 5.74) is 1.27. The predicted octanol–water partition coefficient (Wildman–Crippen LogP) is 3.55. The SMILES string of the molecule is [C-]#[N+]c1ccc(N(CCOC)C(=O)c2cc3ccc(F)cc3[nH]2)nc1. The molecule has 1 N–H and O–H groups in total. The Morgan fingerprint density at radius 2 is 2.20 bits per heavy atom. The number of amides is 1. The van der Waals surface area contributed by atoms with Crippen LogP contribution >= 0.6 is 0 Å². The molecule has 0 saturated carbocycles. The van der Waals surface area contributed by atoms with E-state index >= 15 is 0 Å². The van der Waals surface area contributed by atoms with Crippen LogP contribution in [-0.4, -0.2) is 36.1 Å². The molecule has 2 heterocycles. The number of carbonyl (C=O) groups is 1. The van der Waals surface area contributed by atoms with E-state index in [1.165, 1.54) is 23.2 Å². The van der Waals surface area contributed by atoms with Crippen LogP contribution in [0, 0.1) is 12.4 Å². The van der Waals surface area contributed by atoms with Gasteiger partial charge in [0.1, 0.15) is 17.3 Å². The van der Waals surface area contributed by atoms with Crippen molar-refractivity contribution < 1.29 is 13.9 Å². The Hall–Kier alpha value is -3.24. The predicted molar refractivity (Wildman–Crippen MR) is 92.3 cm³/mol. The number of hydrogen-bond donors (Lipinski definition) is 1. The minimum Gasteiger partial charge on any atom is -0.383 e. The lowest BCUT2D eigenvalue weighted by Crippen LogP contribution is -2.34. The minimum absolute atomic E-state index is 0.295. The fourth-order valence-electron chi connectivity index (χ4n) is 2.47. The van der Waals surface area contributed by atoms with E-state index in [1.807, 2.05) is 0 Å². The molecule has 0 fully saturated rings. The highest BCUT2D eigenvalue weighted by Gasteiger charge is 2.20. The first-order valence-electron chi connectivity index (χ1n) is 7.55. The molecule has 126 valence electrons. The number of fused-ring (bicyclic) bond motifs is 1. The summed E-state index contributed by atoms with van der Waals surface area (Å²) in [7, 11) is 1.55. The standard InChI is InChI=1S/C18H15FN4O2/c1-20-14-5-6-17(21-11-14)23(7-8-25-2)18(24)16-9-12-3-4-13(19)10-15(12)22-16/h3-6,9-11,22H,7-8H2,2H3. The monoisotopic (exact) mass is 338 g/mol. The quantitative estimate of drug-likeness (QED) is 0.724. The van der Waals surface area contributed by atoms with Crippen molar-refractivity contribution in [2.24, 2.45) is 0 Å². The van der Waals surface area contributed by atoms with Gasteiger partial charge in [-0.15, -0.1) is 0 Å². The van der Waals surface area contributed by atoms with Crippen molar-refractivity contribution >= 4 is 28.3 Å². The Morgan fingerprint density at radius 1 is 1.36 bits per heavy atom. The van der Waals surface area contributed by atoms with Crippen LogP contribution in [0.2, 0.25) is 0 Å². The molecular formula is C18H15FN4O2. The lowest BCUT2D eigenvalue weighted by atomic mass is 10.2. The van der Waals surface area contributed by atoms with Crippen molar-refractivity contribution in [1.82, 2.24) is 9.97 Å². The van der Waals surface area contributed by atoms with Crippen LogP contribution < -0.4 is 4.90 Å². The van der Waals surface area contributed by atoms with Gasteiger partial charge in [-0.25, -0.2) is 9.24 Å². The van der Waals surface area contributed by atoms with Gasteiger partial charge in [0.05, 0.1) is 19.7 Å². The molecule has 25 heavy (non-hydrogen) atoms. The van der Waals surface area contributed by atoms with Crippen molar-refractivity contribution in [2.75, 3.05) is 25.2 Å². The van der Waals surface area contributed by atoms with Gasteiger partial charge in [-0.3, -0.25) is 14.7 Å². The maximum absolute atomic E-state index is 13.3. The van der Waals surface area contributed by atoms with E-state index in [-0.39, 0.29) is 11.7 Å². The van der Waals surface area contributed by atoms with Crippen LogP contribution in [0.25, 0.3) is 15.7 Å². The van der Waals surface area contributed by atoms with Crippen LogP contribution in [-0.2, 0) is 4.74 Å². The third-order valence-corrected chi connectivity index (χ3v) is 3.72. The largest absolute Gasteiger partial charge is 0.383 e. The Bertz CT molecular complexity index is 944. The van der Waals surface area contributed by atoms with Crippen LogP contribution in [0.3, 0.4) is 0 Å². The van der Waals surface area contributed by atoms with Crippen LogP contribution in [0.1, 0.15) is 10.5 Å². The summed E-state index contributed by atoms with van der Waals surface area (Å²) in [5.74, 6) is -0.267. The highest BCUT2D eigenvalue weighted by molar-refractivity contribution is 6.07. The molecule has 2 aromatic heterocycles. The number of H-pyrrole nitrogens is 1. The van der Waals surface area contributed by atoms with Gasteiger partial charge in [-0.1, -0.05) is 6.07 Å². The molecule has 3 aromatic rings. The van der Waals surface area contributed by atoms with Gasteiger partial charge in [0, 0.05) is 24.2 Å². The fourth-order valence-corrected chi connectivity index (χ4v) is 2.47. The zero-order chi connectivity index (χ0) is 17.8. The lowest BCUT2D eigenvalue weighted by Gasteiger charge is -2.20. The van der Waals surface area contributed by atoms with Crippen LogP contribution in [0.15, 0.2) is 42.6 Å². The second kappa shape index (κ2) is 7.11. The van der Waals surface area contributed by atoms with E-state index in [9.17, 15) is 9.18 Å². The number of halogens is 1. The van der Waals surface area contributed by atoms with Gasteiger partial charge >= 0.3 is 0 Å². The molecule has 0 bridgehead atoms. The highest BCUT2D eigenvalue weighted by atomic mass is 19.1. The summed E-state index contributed by atoms with van der Waals surface area (Å²) >= 11 is 0. The van der Waals surface area contributed by atoms with Gasteiger partial charge in [-0.2, -0.15) is 0 Å². The molecule has 0 aliphatic carbocycles. The number of anilines is 1. The molecule has 0 radical (unpaired) electrons. The number of rotatable bonds is 5. The average Bonchev–Trinajstić information content (AvgIpc) is 3.05. The molecule has 6 nitrogen and oxygen atoms in total. The maximum Gasteiger partial charge on any atom is 0.275 e. The highest BCUT2D eigenvalue weighted by Crippen LogP contribution is 2.21. The first-order chi connectivity index (χ1) is 12.1. The molecule has 1 aromatic carbocycles. The van der Waals surface area contributed by atoms with Gasteiger partial charge < -0.3 is 9.72 Å². The number of aromatic nitrogens is 2. The molecule has 0 aliphatic rings. The molecule has 7 heteroatoms. The molecule has 0 saturated heterocycles. The molecule has 0 unspecified atom stereocenters. The van der Waals surface area contributed by atoms with E-state index in [2.05, 4.69) is 14.8 Å². The number of hydrogen-bond acceptors (Lipinski definition) is 3. The number of nitrogens with one attached hydrogen (secondary N) is 1. The topological polar surface area (TPSA) is 62.6 Å². The van der Waals surface area contributed by atoms with Gasteiger partial charge in [-0.05, 0) is 30.3 Å². The zero-order valence-electron chi connectivity index (χ0n) is 13.5. The first-order valence-corrected chi connectivity index (χ1v) is 7.55. The molecular weight excluding hydrogens is 323 g/mol. The molecule has 0 atom stereocenters. The lowest BCUT2D eigenvalue weighted by molar-refractivity contribution is 0.0971. The Kier molecular flexibility index (Phi) is 4.73. The first kappa shape index (κ1) is 16.6. The number of carbonyl (C=O) groups excluding carboxylic acids is 1. The number of pyridine rings is 1. The Morgan fingerprint density at radius 3 is 2.88 bits per heavy atom. The van der Waals surface area contributed by atoms with Crippen molar-refractivity contribution in [3.8, 4) is 0 Å². The fraction of sp³-hybridized carbons (Fsp3) is 0.167. The normalized spacial score (nSPS) is 10.6. The van der Waals surface area contributed by atoms with Crippen LogP contribution in [0.4, 0.5) is 15.9 Å². The maximum atomic E-state index is 13.3. The van der Waals surface area contributed by atoms with E-state index in [0.717, 1.165) is 5.39 Å². The van der Waals surface area contributed by atoms with E-state index < -0.39 is 0 Å². The Balaban J connectivity index is 1.95. The number of aromatic amines is 1. The summed E-state index contributed by atoms with van der Waals surface area (Å²) in [6.07, 6.45) is 1.41. The molecule has 0 spiro atoms. The van der Waals surface area contributed by atoms with E-state index in [0.29, 0.717) is 35.9 Å². The summed E-state index contributed by atoms with van der Waals surface area (Å²) < 4.78 is 18.4. The summed E-state index contributed by atoms with van der Waals surface area (Å²) in [6.45, 7) is 7.60. The Labute approximate surface area is 143 Å². The third kappa shape index (κ3) is 3.49. The van der Waals surface area contributed by atoms with Gasteiger partial charge in [0.15, 0.2) is 0 Å². The average molecular weight is 338 g/mol. The second-order valence-electron chi connectivity index (χ2n) is 5.35. The van der Waals surface area contributed by atoms with Gasteiger partial charge in [0.2, 0.25) is 5.69 Å². The summed E-state index contributed by atoms with van der Waals surface area (Å²) in [4.78, 5) is 24.8. The van der Waals surface area contributed by atoms with Crippen molar-refractivity contribution in [2.45, 2.75) is 0 Å². The molecule has 3 rings (SSSR count). The van der Waals surface area contributed by atoms with Gasteiger partial charge in [0.25, 0.3) is 5.91 Å². The number of ether oxygens (including phenoxy) is 1. The smallest absolute Gasteiger partial charge is 0.275 e. The molecule has 0 aliphatic heterocycles. The third-order valence-electron chi connectivity index (χ3n) is 3.72. The van der Waals surface area contributed by atoms with E-state index in [4.69, 9.17) is 11.3 Å². The van der Waals surface area contributed by atoms with Crippen LogP contribution in [0.5, 0.6) is 0 Å². The minimum atomic E-state index is -0.374. The zero-order valence-corrected chi connectivity index (χ0v) is 13.5. The second-order valence-corrected chi connectivity index (χ2v) is 5.35. The molecule has 1 amide bonds. The van der Waals surface area contributed by atoms with Crippen molar-refractivity contribution in [1.29, 1.82) is 0 Å². The summed E-state index contributed by atoms with van der Waals surface area (Å²) in [6, 6.07) is 9.18. The van der Waals surface area contributed by atoms with Crippen molar-refractivity contribution in [3.05, 3.63) is 65.5 Å². The number of methoxy groups -OCH3 is 1. The summed E-state index contributed by atoms with van der Waals surface area (Å²) in [5, 5.41) is 0.743. The van der Waals surface area contributed by atoms with Crippen molar-refractivity contribution in [3.63, 3.8) is 0 Å². The van der Waals surface area contributed by atoms with E-state index in [1.54, 1.807) is 31.4 Å². The number of nitrogens with zero attached hydrogens (tertiary/aromatic N) is 3. The number of benzene rings is 1.